The highest BCUT2D eigenvalue weighted by Gasteiger charge is 2.12. The molecule has 0 atom stereocenters. The highest BCUT2D eigenvalue weighted by molar-refractivity contribution is 8.13. The normalized spacial score (nSPS) is 15.2. The van der Waals surface area contributed by atoms with E-state index in [4.69, 9.17) is 5.11 Å². The summed E-state index contributed by atoms with van der Waals surface area (Å²) in [5, 5.41) is 21.3. The van der Waals surface area contributed by atoms with Crippen LogP contribution in [0.4, 0.5) is 5.69 Å². The van der Waals surface area contributed by atoms with Crippen LogP contribution in [0.1, 0.15) is 25.7 Å². The molecule has 1 aromatic carbocycles. The molecule has 0 bridgehead atoms. The third-order valence-electron chi connectivity index (χ3n) is 2.70. The Kier molecular flexibility index (Phi) is 8.94. The van der Waals surface area contributed by atoms with Crippen LogP contribution in [0.15, 0.2) is 35.3 Å². The summed E-state index contributed by atoms with van der Waals surface area (Å²) in [5.74, 6) is -0.824. The predicted octanol–water partition coefficient (Wildman–Crippen LogP) is 0.366. The number of quaternary nitrogens is 1. The van der Waals surface area contributed by atoms with Crippen molar-refractivity contribution < 1.29 is 25.1 Å². The zero-order valence-electron chi connectivity index (χ0n) is 12.2. The molecule has 1 heterocycles. The number of benzene rings is 1. The van der Waals surface area contributed by atoms with E-state index in [0.717, 1.165) is 12.2 Å². The number of aliphatic imine (C=N–C) groups is 1. The lowest BCUT2D eigenvalue weighted by molar-refractivity contribution is -0.524. The Balaban J connectivity index is 0.000000225. The quantitative estimate of drug-likeness (QED) is 0.735. The number of rotatable bonds is 6. The minimum atomic E-state index is -1.12. The minimum absolute atomic E-state index is 0.0350. The van der Waals surface area contributed by atoms with E-state index in [1.807, 2.05) is 42.1 Å². The Morgan fingerprint density at radius 1 is 1.23 bits per heavy atom. The lowest BCUT2D eigenvalue weighted by Gasteiger charge is -1.98. The van der Waals surface area contributed by atoms with Gasteiger partial charge in [-0.3, -0.25) is 10.1 Å². The van der Waals surface area contributed by atoms with Crippen LogP contribution in [0.2, 0.25) is 0 Å². The van der Waals surface area contributed by atoms with Gasteiger partial charge in [-0.2, -0.15) is 4.99 Å². The standard InChI is InChI=1S/C9H10N2S.C6H10O4/c1-2-4-8(5-3-1)11-9-10-6-7-12-9;7-5(8)3-1-2-4-6(9)10/h1-5H,6-7H2,(H,10,11);1-4H2,(H,7,8)(H,9,10). The van der Waals surface area contributed by atoms with Crippen molar-refractivity contribution in [1.29, 1.82) is 0 Å². The van der Waals surface area contributed by atoms with Crippen molar-refractivity contribution in [3.05, 3.63) is 30.3 Å². The number of aliphatic carboxylic acids is 2. The highest BCUT2D eigenvalue weighted by Crippen LogP contribution is 2.13. The Morgan fingerprint density at radius 2 is 1.91 bits per heavy atom. The second kappa shape index (κ2) is 10.8. The summed E-state index contributed by atoms with van der Waals surface area (Å²) in [6, 6.07) is 10.1. The van der Waals surface area contributed by atoms with E-state index in [0.29, 0.717) is 12.8 Å². The first kappa shape index (κ1) is 18.2. The summed E-state index contributed by atoms with van der Waals surface area (Å²) < 4.78 is 0. The third kappa shape index (κ3) is 9.15. The van der Waals surface area contributed by atoms with Crippen molar-refractivity contribution in [2.24, 2.45) is 4.99 Å². The van der Waals surface area contributed by atoms with Crippen molar-refractivity contribution in [3.63, 3.8) is 0 Å². The van der Waals surface area contributed by atoms with E-state index in [-0.39, 0.29) is 12.8 Å². The van der Waals surface area contributed by atoms with E-state index < -0.39 is 11.9 Å². The van der Waals surface area contributed by atoms with Crippen LogP contribution >= 0.6 is 11.8 Å². The molecule has 0 aromatic heterocycles. The number of carboxylic acid groups (broad SMARTS) is 2. The molecule has 2 rings (SSSR count). The summed E-state index contributed by atoms with van der Waals surface area (Å²) >= 11 is 1.83. The minimum Gasteiger partial charge on any atom is -0.550 e. The molecule has 1 aliphatic heterocycles. The second-order valence-electron chi connectivity index (χ2n) is 4.60. The summed E-state index contributed by atoms with van der Waals surface area (Å²) in [6.45, 7) is 1.16. The van der Waals surface area contributed by atoms with Crippen molar-refractivity contribution in [2.75, 3.05) is 12.3 Å². The fraction of sp³-hybridized carbons (Fsp3) is 0.400. The van der Waals surface area contributed by atoms with Gasteiger partial charge in [-0.15, -0.1) is 0 Å². The van der Waals surface area contributed by atoms with Gasteiger partial charge >= 0.3 is 5.97 Å². The number of nitrogens with two attached hydrogens (primary N) is 1. The first-order valence-corrected chi connectivity index (χ1v) is 8.08. The number of unbranched alkanes of at least 4 members (excludes halogenated alkanes) is 1. The van der Waals surface area contributed by atoms with Crippen LogP contribution in [0.25, 0.3) is 0 Å². The van der Waals surface area contributed by atoms with Gasteiger partial charge in [0.2, 0.25) is 0 Å². The van der Waals surface area contributed by atoms with Crippen LogP contribution in [-0.2, 0) is 9.59 Å². The summed E-state index contributed by atoms with van der Waals surface area (Å²) in [7, 11) is 0. The molecule has 0 radical (unpaired) electrons. The first-order chi connectivity index (χ1) is 10.6. The van der Waals surface area contributed by atoms with Gasteiger partial charge in [0.1, 0.15) is 0 Å². The summed E-state index contributed by atoms with van der Waals surface area (Å²) in [5.41, 5.74) is 1.05. The molecule has 0 spiro atoms. The smallest absolute Gasteiger partial charge is 0.303 e. The van der Waals surface area contributed by atoms with Crippen molar-refractivity contribution >= 4 is 34.6 Å². The molecule has 1 aliphatic rings. The number of carboxylic acids is 2. The van der Waals surface area contributed by atoms with Crippen LogP contribution in [0, 0.1) is 0 Å². The van der Waals surface area contributed by atoms with E-state index in [1.54, 1.807) is 0 Å². The molecular formula is C15H20N2O4S. The van der Waals surface area contributed by atoms with Crippen LogP contribution in [0.5, 0.6) is 0 Å². The highest BCUT2D eigenvalue weighted by atomic mass is 32.2. The zero-order valence-corrected chi connectivity index (χ0v) is 13.1. The van der Waals surface area contributed by atoms with Crippen molar-refractivity contribution in [1.82, 2.24) is 0 Å². The molecule has 6 nitrogen and oxygen atoms in total. The molecular weight excluding hydrogens is 304 g/mol. The lowest BCUT2D eigenvalue weighted by Crippen LogP contribution is -2.84. The number of hydrogen-bond donors (Lipinski definition) is 2. The van der Waals surface area contributed by atoms with Gasteiger partial charge in [0.15, 0.2) is 0 Å². The number of para-hydroxylation sites is 1. The molecule has 0 saturated carbocycles. The number of carbonyl (C=O) groups excluding carboxylic acids is 1. The molecule has 1 saturated heterocycles. The molecule has 22 heavy (non-hydrogen) atoms. The summed E-state index contributed by atoms with van der Waals surface area (Å²) in [4.78, 5) is 24.1. The average Bonchev–Trinajstić information content (AvgIpc) is 2.98. The monoisotopic (exact) mass is 324 g/mol. The molecule has 0 amide bonds. The Bertz CT molecular complexity index is 482. The molecule has 3 N–H and O–H groups in total. The largest absolute Gasteiger partial charge is 0.550 e. The van der Waals surface area contributed by atoms with Gasteiger partial charge in [0.25, 0.3) is 5.17 Å². The molecule has 1 aromatic rings. The van der Waals surface area contributed by atoms with Crippen LogP contribution in [0.3, 0.4) is 0 Å². The SMILES string of the molecule is O=C([O-])CCCCC(=O)O.c1ccc(N=C2[NH2+]CCS2)cc1. The number of thioether (sulfide) groups is 1. The van der Waals surface area contributed by atoms with E-state index in [9.17, 15) is 14.7 Å². The zero-order chi connectivity index (χ0) is 16.2. The first-order valence-electron chi connectivity index (χ1n) is 7.09. The number of hydrogen-bond acceptors (Lipinski definition) is 5. The maximum absolute atomic E-state index is 9.88. The number of carbonyl (C=O) groups is 2. The Labute approximate surface area is 133 Å². The fourth-order valence-electron chi connectivity index (χ4n) is 1.66. The Hall–Kier alpha value is -1.86. The second-order valence-corrected chi connectivity index (χ2v) is 5.71. The maximum atomic E-state index is 9.88. The lowest BCUT2D eigenvalue weighted by atomic mass is 10.2. The van der Waals surface area contributed by atoms with Crippen LogP contribution < -0.4 is 10.4 Å². The van der Waals surface area contributed by atoms with Gasteiger partial charge in [-0.1, -0.05) is 18.2 Å². The fourth-order valence-corrected chi connectivity index (χ4v) is 2.51. The van der Waals surface area contributed by atoms with Gasteiger partial charge < -0.3 is 15.0 Å². The van der Waals surface area contributed by atoms with Gasteiger partial charge in [-0.05, 0) is 43.2 Å². The molecule has 0 unspecified atom stereocenters. The maximum Gasteiger partial charge on any atom is 0.303 e. The Morgan fingerprint density at radius 3 is 2.45 bits per heavy atom. The van der Waals surface area contributed by atoms with E-state index >= 15 is 0 Å². The average molecular weight is 324 g/mol. The number of nitrogens with zero attached hydrogens (tertiary/aromatic N) is 1. The summed E-state index contributed by atoms with van der Waals surface area (Å²) in [6.07, 6.45) is 0.776. The van der Waals surface area contributed by atoms with E-state index in [1.165, 1.54) is 10.9 Å². The number of amidine groups is 1. The van der Waals surface area contributed by atoms with Gasteiger partial charge in [0, 0.05) is 12.4 Å². The third-order valence-corrected chi connectivity index (χ3v) is 3.70. The topological polar surface area (TPSA) is 106 Å². The molecule has 120 valence electrons. The molecule has 0 aliphatic carbocycles. The van der Waals surface area contributed by atoms with Gasteiger partial charge in [-0.25, -0.2) is 0 Å². The van der Waals surface area contributed by atoms with Gasteiger partial charge in [0.05, 0.1) is 18.0 Å². The van der Waals surface area contributed by atoms with E-state index in [2.05, 4.69) is 10.3 Å². The van der Waals surface area contributed by atoms with Crippen LogP contribution in [-0.4, -0.2) is 34.5 Å². The molecule has 1 fully saturated rings. The molecule has 7 heteroatoms. The predicted molar refractivity (Wildman–Crippen MR) is 83.9 cm³/mol. The van der Waals surface area contributed by atoms with Crippen molar-refractivity contribution in [2.45, 2.75) is 25.7 Å². The van der Waals surface area contributed by atoms with Crippen molar-refractivity contribution in [3.8, 4) is 0 Å².